The fraction of sp³-hybridized carbons (Fsp3) is 0.0667. The quantitative estimate of drug-likeness (QED) is 0.185. The molecule has 0 saturated heterocycles. The number of hydrogen-bond acceptors (Lipinski definition) is 2. The van der Waals surface area contributed by atoms with E-state index >= 15 is 0 Å². The second-order valence-corrected chi connectivity index (χ2v) is 13.8. The molecular weight excluding hydrogens is 593 g/mol. The number of hydrogen-bond donors (Lipinski definition) is 1. The lowest BCUT2D eigenvalue weighted by atomic mass is 9.57. The molecule has 0 aliphatic carbocycles. The minimum atomic E-state index is -0.125. The van der Waals surface area contributed by atoms with Crippen molar-refractivity contribution in [2.45, 2.75) is 19.3 Å². The van der Waals surface area contributed by atoms with E-state index in [1.807, 2.05) is 0 Å². The van der Waals surface area contributed by atoms with E-state index in [2.05, 4.69) is 186 Å². The highest BCUT2D eigenvalue weighted by Gasteiger charge is 2.40. The van der Waals surface area contributed by atoms with Crippen LogP contribution in [0.15, 0.2) is 158 Å². The van der Waals surface area contributed by atoms with Gasteiger partial charge < -0.3 is 14.8 Å². The third-order valence-electron chi connectivity index (χ3n) is 10.7. The van der Waals surface area contributed by atoms with E-state index in [9.17, 15) is 0 Å². The number of aromatic nitrogens is 1. The Balaban J connectivity index is 1.39. The summed E-state index contributed by atoms with van der Waals surface area (Å²) >= 11 is 0. The summed E-state index contributed by atoms with van der Waals surface area (Å²) in [4.78, 5) is 2.46. The van der Waals surface area contributed by atoms with Gasteiger partial charge in [-0.15, -0.1) is 0 Å². The van der Waals surface area contributed by atoms with E-state index in [0.29, 0.717) is 0 Å². The summed E-state index contributed by atoms with van der Waals surface area (Å²) < 4.78 is 2.63. The lowest BCUT2D eigenvalue weighted by molar-refractivity contribution is 0.631. The molecule has 2 aliphatic heterocycles. The standard InChI is InChI=1S/C45H34BN3/c1-45(2)35-24-14-23-33-40-39(48(30-18-8-4-9-19-30)31-20-10-5-11-21-31)28-34(32-22-12-13-27-38(32)47-29-16-6-3-7-17-29)41-44(40)49(42(33)35)43-36(45)25-15-26-37(43)46-41/h3-28,46-47H,1-2H3. The number of anilines is 5. The molecular formula is C45H34BN3. The van der Waals surface area contributed by atoms with Crippen LogP contribution in [0.3, 0.4) is 0 Å². The average Bonchev–Trinajstić information content (AvgIpc) is 3.50. The summed E-state index contributed by atoms with van der Waals surface area (Å²) in [6, 6.07) is 57.3. The molecule has 0 unspecified atom stereocenters. The van der Waals surface area contributed by atoms with Crippen LogP contribution in [-0.4, -0.2) is 11.8 Å². The van der Waals surface area contributed by atoms with Crippen molar-refractivity contribution in [1.29, 1.82) is 0 Å². The van der Waals surface area contributed by atoms with Crippen molar-refractivity contribution >= 4 is 68.4 Å². The first-order chi connectivity index (χ1) is 24.1. The SMILES string of the molecule is CC1(C)c2cccc3c2-n2c4c1cccc4c1c(N(c4ccccc4)c4ccccc4)cc(-c4ccccc4Nc4ccccc4)c(c12)B3. The maximum Gasteiger partial charge on any atom is 0.198 e. The minimum absolute atomic E-state index is 0.125. The molecule has 4 heteroatoms. The molecule has 8 aromatic rings. The molecule has 7 aromatic carbocycles. The maximum atomic E-state index is 3.77. The van der Waals surface area contributed by atoms with E-state index in [4.69, 9.17) is 0 Å². The fourth-order valence-electron chi connectivity index (χ4n) is 8.55. The van der Waals surface area contributed by atoms with E-state index < -0.39 is 0 Å². The predicted octanol–water partition coefficient (Wildman–Crippen LogP) is 10.0. The molecule has 0 amide bonds. The van der Waals surface area contributed by atoms with Crippen molar-refractivity contribution in [2.24, 2.45) is 0 Å². The second-order valence-electron chi connectivity index (χ2n) is 13.8. The van der Waals surface area contributed by atoms with Gasteiger partial charge in [0, 0.05) is 50.2 Å². The predicted molar refractivity (Wildman–Crippen MR) is 209 cm³/mol. The van der Waals surface area contributed by atoms with Crippen molar-refractivity contribution in [1.82, 2.24) is 4.57 Å². The molecule has 2 aliphatic rings. The van der Waals surface area contributed by atoms with E-state index in [1.165, 1.54) is 66.4 Å². The Bertz CT molecular complexity index is 2530. The highest BCUT2D eigenvalue weighted by molar-refractivity contribution is 6.73. The average molecular weight is 628 g/mol. The molecule has 0 spiro atoms. The van der Waals surface area contributed by atoms with E-state index in [0.717, 1.165) is 30.0 Å². The lowest BCUT2D eigenvalue weighted by Gasteiger charge is -2.37. The molecule has 3 nitrogen and oxygen atoms in total. The van der Waals surface area contributed by atoms with E-state index in [1.54, 1.807) is 0 Å². The topological polar surface area (TPSA) is 20.2 Å². The van der Waals surface area contributed by atoms with Crippen LogP contribution in [0, 0.1) is 0 Å². The minimum Gasteiger partial charge on any atom is -0.355 e. The third-order valence-corrected chi connectivity index (χ3v) is 10.7. The summed E-state index contributed by atoms with van der Waals surface area (Å²) in [5, 5.41) is 6.37. The molecule has 49 heavy (non-hydrogen) atoms. The Morgan fingerprint density at radius 2 is 1.22 bits per heavy atom. The van der Waals surface area contributed by atoms with Crippen molar-refractivity contribution in [2.75, 3.05) is 10.2 Å². The Kier molecular flexibility index (Phi) is 6.01. The van der Waals surface area contributed by atoms with Crippen LogP contribution in [0.4, 0.5) is 28.4 Å². The number of fused-ring (bicyclic) bond motifs is 1. The van der Waals surface area contributed by atoms with Crippen molar-refractivity contribution in [3.63, 3.8) is 0 Å². The summed E-state index contributed by atoms with van der Waals surface area (Å²) in [5.74, 6) is 0. The first kappa shape index (κ1) is 28.1. The number of rotatable bonds is 6. The zero-order valence-corrected chi connectivity index (χ0v) is 27.6. The lowest BCUT2D eigenvalue weighted by Crippen LogP contribution is -2.41. The fourth-order valence-corrected chi connectivity index (χ4v) is 8.55. The number of benzene rings is 7. The first-order valence-corrected chi connectivity index (χ1v) is 17.2. The number of nitrogens with one attached hydrogen (secondary N) is 1. The molecule has 1 N–H and O–H groups in total. The summed E-state index contributed by atoms with van der Waals surface area (Å²) in [6.07, 6.45) is 0. The molecule has 0 bridgehead atoms. The highest BCUT2D eigenvalue weighted by atomic mass is 15.1. The summed E-state index contributed by atoms with van der Waals surface area (Å²) in [7, 11) is 0.868. The maximum absolute atomic E-state index is 3.77. The van der Waals surface area contributed by atoms with Gasteiger partial charge in [0.1, 0.15) is 0 Å². The molecule has 1 aromatic heterocycles. The zero-order chi connectivity index (χ0) is 32.7. The zero-order valence-electron chi connectivity index (χ0n) is 27.6. The Labute approximate surface area is 287 Å². The molecule has 10 rings (SSSR count). The Morgan fingerprint density at radius 3 is 1.96 bits per heavy atom. The summed E-state index contributed by atoms with van der Waals surface area (Å²) in [5.41, 5.74) is 17.5. The molecule has 3 heterocycles. The van der Waals surface area contributed by atoms with Crippen LogP contribution in [-0.2, 0) is 5.41 Å². The van der Waals surface area contributed by atoms with Gasteiger partial charge in [-0.3, -0.25) is 0 Å². The van der Waals surface area contributed by atoms with Gasteiger partial charge in [-0.05, 0) is 70.7 Å². The van der Waals surface area contributed by atoms with Crippen LogP contribution >= 0.6 is 0 Å². The van der Waals surface area contributed by atoms with Gasteiger partial charge in [0.15, 0.2) is 7.28 Å². The van der Waals surface area contributed by atoms with Crippen LogP contribution < -0.4 is 21.1 Å². The van der Waals surface area contributed by atoms with Gasteiger partial charge in [-0.1, -0.05) is 129 Å². The first-order valence-electron chi connectivity index (χ1n) is 17.2. The monoisotopic (exact) mass is 627 g/mol. The van der Waals surface area contributed by atoms with Crippen LogP contribution in [0.25, 0.3) is 38.6 Å². The number of para-hydroxylation sites is 6. The van der Waals surface area contributed by atoms with Crippen molar-refractivity contribution in [3.8, 4) is 16.8 Å². The largest absolute Gasteiger partial charge is 0.355 e. The van der Waals surface area contributed by atoms with E-state index in [-0.39, 0.29) is 5.41 Å². The Morgan fingerprint density at radius 1 is 0.592 bits per heavy atom. The van der Waals surface area contributed by atoms with Gasteiger partial charge in [-0.25, -0.2) is 0 Å². The Hall–Kier alpha value is -6.00. The third kappa shape index (κ3) is 4.04. The van der Waals surface area contributed by atoms with Gasteiger partial charge >= 0.3 is 0 Å². The molecule has 0 radical (unpaired) electrons. The van der Waals surface area contributed by atoms with Gasteiger partial charge in [0.2, 0.25) is 0 Å². The molecule has 0 fully saturated rings. The number of nitrogens with zero attached hydrogens (tertiary/aromatic N) is 2. The van der Waals surface area contributed by atoms with Crippen molar-refractivity contribution < 1.29 is 0 Å². The van der Waals surface area contributed by atoms with Crippen LogP contribution in [0.2, 0.25) is 0 Å². The van der Waals surface area contributed by atoms with Crippen LogP contribution in [0.5, 0.6) is 0 Å². The van der Waals surface area contributed by atoms with Gasteiger partial charge in [0.05, 0.1) is 16.7 Å². The van der Waals surface area contributed by atoms with Gasteiger partial charge in [-0.2, -0.15) is 0 Å². The van der Waals surface area contributed by atoms with Crippen molar-refractivity contribution in [3.05, 3.63) is 169 Å². The molecule has 0 saturated carbocycles. The summed E-state index contributed by atoms with van der Waals surface area (Å²) in [6.45, 7) is 4.79. The smallest absolute Gasteiger partial charge is 0.198 e. The highest BCUT2D eigenvalue weighted by Crippen LogP contribution is 2.52. The molecule has 232 valence electrons. The van der Waals surface area contributed by atoms with Crippen LogP contribution in [0.1, 0.15) is 25.0 Å². The van der Waals surface area contributed by atoms with Gasteiger partial charge in [0.25, 0.3) is 0 Å². The molecule has 0 atom stereocenters. The second kappa shape index (κ2) is 10.5. The normalized spacial score (nSPS) is 13.4.